The number of rotatable bonds is 1. The Morgan fingerprint density at radius 2 is 1.82 bits per heavy atom. The van der Waals surface area contributed by atoms with E-state index in [0.717, 1.165) is 0 Å². The minimum absolute atomic E-state index is 0.210. The second-order valence-corrected chi connectivity index (χ2v) is 5.16. The summed E-state index contributed by atoms with van der Waals surface area (Å²) >= 11 is 0. The van der Waals surface area contributed by atoms with Gasteiger partial charge in [0.05, 0.1) is 0 Å². The highest BCUT2D eigenvalue weighted by atomic mass is 16.3. The SMILES string of the molecule is CC1(C)CCCC(C)(CO)C1. The normalized spacial score (nSPS) is 37.1. The van der Waals surface area contributed by atoms with Gasteiger partial charge in [-0.2, -0.15) is 0 Å². The van der Waals surface area contributed by atoms with Crippen molar-refractivity contribution in [2.24, 2.45) is 10.8 Å². The third-order valence-electron chi connectivity index (χ3n) is 2.92. The molecule has 0 aromatic heterocycles. The maximum atomic E-state index is 9.18. The molecule has 0 amide bonds. The largest absolute Gasteiger partial charge is 0.396 e. The summed E-state index contributed by atoms with van der Waals surface area (Å²) in [7, 11) is 0. The Labute approximate surface area is 69.8 Å². The van der Waals surface area contributed by atoms with Gasteiger partial charge in [0.2, 0.25) is 0 Å². The summed E-state index contributed by atoms with van der Waals surface area (Å²) in [5, 5.41) is 9.18. The van der Waals surface area contributed by atoms with E-state index >= 15 is 0 Å². The van der Waals surface area contributed by atoms with E-state index in [4.69, 9.17) is 0 Å². The van der Waals surface area contributed by atoms with Gasteiger partial charge >= 0.3 is 0 Å². The van der Waals surface area contributed by atoms with Crippen LogP contribution in [0.2, 0.25) is 0 Å². The monoisotopic (exact) mass is 156 g/mol. The van der Waals surface area contributed by atoms with Gasteiger partial charge in [-0.15, -0.1) is 0 Å². The Bertz CT molecular complexity index is 140. The molecule has 0 spiro atoms. The number of hydrogen-bond acceptors (Lipinski definition) is 1. The molecule has 1 aliphatic rings. The second-order valence-electron chi connectivity index (χ2n) is 5.16. The second kappa shape index (κ2) is 2.78. The fourth-order valence-electron chi connectivity index (χ4n) is 2.46. The van der Waals surface area contributed by atoms with Crippen molar-refractivity contribution in [3.05, 3.63) is 0 Å². The van der Waals surface area contributed by atoms with Crippen molar-refractivity contribution in [3.63, 3.8) is 0 Å². The molecule has 0 aliphatic heterocycles. The van der Waals surface area contributed by atoms with Gasteiger partial charge in [-0.25, -0.2) is 0 Å². The average Bonchev–Trinajstić information content (AvgIpc) is 1.85. The van der Waals surface area contributed by atoms with Gasteiger partial charge in [0.15, 0.2) is 0 Å². The summed E-state index contributed by atoms with van der Waals surface area (Å²) in [5.41, 5.74) is 0.664. The smallest absolute Gasteiger partial charge is 0.0484 e. The summed E-state index contributed by atoms with van der Waals surface area (Å²) in [6.07, 6.45) is 4.98. The zero-order chi connectivity index (χ0) is 8.54. The summed E-state index contributed by atoms with van der Waals surface area (Å²) in [5.74, 6) is 0. The van der Waals surface area contributed by atoms with E-state index in [9.17, 15) is 5.11 Å². The molecule has 11 heavy (non-hydrogen) atoms. The highest BCUT2D eigenvalue weighted by Gasteiger charge is 2.35. The van der Waals surface area contributed by atoms with Crippen LogP contribution in [-0.4, -0.2) is 11.7 Å². The van der Waals surface area contributed by atoms with Crippen LogP contribution >= 0.6 is 0 Å². The molecule has 1 N–H and O–H groups in total. The van der Waals surface area contributed by atoms with Crippen molar-refractivity contribution >= 4 is 0 Å². The first-order valence-corrected chi connectivity index (χ1v) is 4.58. The molecule has 0 bridgehead atoms. The lowest BCUT2D eigenvalue weighted by molar-refractivity contribution is 0.0405. The predicted octanol–water partition coefficient (Wildman–Crippen LogP) is 2.59. The van der Waals surface area contributed by atoms with E-state index < -0.39 is 0 Å². The van der Waals surface area contributed by atoms with Crippen molar-refractivity contribution in [2.45, 2.75) is 46.5 Å². The molecule has 66 valence electrons. The van der Waals surface area contributed by atoms with Crippen LogP contribution in [-0.2, 0) is 0 Å². The zero-order valence-electron chi connectivity index (χ0n) is 7.98. The summed E-state index contributed by atoms with van der Waals surface area (Å²) in [6.45, 7) is 7.17. The molecule has 0 heterocycles. The van der Waals surface area contributed by atoms with E-state index in [2.05, 4.69) is 20.8 Å². The molecular formula is C10H20O. The van der Waals surface area contributed by atoms with E-state index in [1.54, 1.807) is 0 Å². The molecule has 0 aromatic carbocycles. The Kier molecular flexibility index (Phi) is 2.29. The number of aliphatic hydroxyl groups is 1. The maximum Gasteiger partial charge on any atom is 0.0484 e. The Hall–Kier alpha value is -0.0400. The minimum Gasteiger partial charge on any atom is -0.396 e. The molecule has 0 radical (unpaired) electrons. The predicted molar refractivity (Wildman–Crippen MR) is 47.4 cm³/mol. The van der Waals surface area contributed by atoms with E-state index in [1.807, 2.05) is 0 Å². The fraction of sp³-hybridized carbons (Fsp3) is 1.00. The first kappa shape index (κ1) is 9.05. The maximum absolute atomic E-state index is 9.18. The standard InChI is InChI=1S/C10H20O/c1-9(2)5-4-6-10(3,7-9)8-11/h11H,4-8H2,1-3H3. The van der Waals surface area contributed by atoms with Crippen LogP contribution in [0.1, 0.15) is 46.5 Å². The topological polar surface area (TPSA) is 20.2 Å². The average molecular weight is 156 g/mol. The van der Waals surface area contributed by atoms with Crippen molar-refractivity contribution in [2.75, 3.05) is 6.61 Å². The lowest BCUT2D eigenvalue weighted by Gasteiger charge is -2.41. The van der Waals surface area contributed by atoms with Gasteiger partial charge in [0.25, 0.3) is 0 Å². The molecule has 1 unspecified atom stereocenters. The Morgan fingerprint density at radius 3 is 2.18 bits per heavy atom. The molecule has 0 saturated heterocycles. The molecule has 1 heteroatoms. The van der Waals surface area contributed by atoms with Crippen molar-refractivity contribution in [3.8, 4) is 0 Å². The lowest BCUT2D eigenvalue weighted by Crippen LogP contribution is -2.33. The van der Waals surface area contributed by atoms with Gasteiger partial charge < -0.3 is 5.11 Å². The third kappa shape index (κ3) is 2.19. The minimum atomic E-state index is 0.210. The molecule has 1 nitrogen and oxygen atoms in total. The third-order valence-corrected chi connectivity index (χ3v) is 2.92. The van der Waals surface area contributed by atoms with E-state index in [0.29, 0.717) is 12.0 Å². The summed E-state index contributed by atoms with van der Waals surface area (Å²) < 4.78 is 0. The Balaban J connectivity index is 2.59. The lowest BCUT2D eigenvalue weighted by atomic mass is 9.65. The van der Waals surface area contributed by atoms with Gasteiger partial charge in [-0.05, 0) is 30.1 Å². The van der Waals surface area contributed by atoms with Crippen LogP contribution in [0.3, 0.4) is 0 Å². The van der Waals surface area contributed by atoms with Crippen molar-refractivity contribution < 1.29 is 5.11 Å². The van der Waals surface area contributed by atoms with Crippen molar-refractivity contribution in [1.29, 1.82) is 0 Å². The van der Waals surface area contributed by atoms with Crippen molar-refractivity contribution in [1.82, 2.24) is 0 Å². The molecule has 1 aliphatic carbocycles. The molecule has 1 saturated carbocycles. The van der Waals surface area contributed by atoms with Crippen LogP contribution in [0.15, 0.2) is 0 Å². The molecule has 1 fully saturated rings. The van der Waals surface area contributed by atoms with Gasteiger partial charge in [0, 0.05) is 6.61 Å². The van der Waals surface area contributed by atoms with E-state index in [-0.39, 0.29) is 5.41 Å². The van der Waals surface area contributed by atoms with Crippen LogP contribution in [0.5, 0.6) is 0 Å². The quantitative estimate of drug-likeness (QED) is 0.618. The molecule has 1 rings (SSSR count). The first-order chi connectivity index (χ1) is 4.97. The van der Waals surface area contributed by atoms with Crippen LogP contribution in [0, 0.1) is 10.8 Å². The highest BCUT2D eigenvalue weighted by Crippen LogP contribution is 2.45. The number of hydrogen-bond donors (Lipinski definition) is 1. The molecular weight excluding hydrogens is 136 g/mol. The van der Waals surface area contributed by atoms with Crippen LogP contribution in [0.4, 0.5) is 0 Å². The van der Waals surface area contributed by atoms with Crippen LogP contribution < -0.4 is 0 Å². The van der Waals surface area contributed by atoms with Gasteiger partial charge in [-0.3, -0.25) is 0 Å². The summed E-state index contributed by atoms with van der Waals surface area (Å²) in [4.78, 5) is 0. The van der Waals surface area contributed by atoms with Gasteiger partial charge in [0.1, 0.15) is 0 Å². The summed E-state index contributed by atoms with van der Waals surface area (Å²) in [6, 6.07) is 0. The van der Waals surface area contributed by atoms with E-state index in [1.165, 1.54) is 25.7 Å². The molecule has 0 aromatic rings. The fourth-order valence-corrected chi connectivity index (χ4v) is 2.46. The van der Waals surface area contributed by atoms with Crippen LogP contribution in [0.25, 0.3) is 0 Å². The van der Waals surface area contributed by atoms with Gasteiger partial charge in [-0.1, -0.05) is 27.2 Å². The number of aliphatic hydroxyl groups excluding tert-OH is 1. The Morgan fingerprint density at radius 1 is 1.18 bits per heavy atom. The zero-order valence-corrected chi connectivity index (χ0v) is 7.98. The first-order valence-electron chi connectivity index (χ1n) is 4.58. The molecule has 1 atom stereocenters. The highest BCUT2D eigenvalue weighted by molar-refractivity contribution is 4.86.